The van der Waals surface area contributed by atoms with Crippen LogP contribution in [0.3, 0.4) is 0 Å². The van der Waals surface area contributed by atoms with Crippen molar-refractivity contribution >= 4 is 11.8 Å². The molecule has 1 heterocycles. The first-order valence-electron chi connectivity index (χ1n) is 8.91. The van der Waals surface area contributed by atoms with Crippen LogP contribution >= 0.6 is 0 Å². The molecule has 1 aliphatic heterocycles. The molecule has 2 amide bonds. The molecule has 1 fully saturated rings. The average molecular weight is 336 g/mol. The molecule has 0 saturated carbocycles. The van der Waals surface area contributed by atoms with Crippen LogP contribution in [0.2, 0.25) is 0 Å². The summed E-state index contributed by atoms with van der Waals surface area (Å²) in [7, 11) is 0. The quantitative estimate of drug-likeness (QED) is 0.929. The fourth-order valence-corrected chi connectivity index (χ4v) is 3.18. The lowest BCUT2D eigenvalue weighted by atomic mass is 10.0. The SMILES string of the molecule is CCC(=O)NC1CCN(C(=O)c2ccc(-c3ccccc3)cc2)CC1. The van der Waals surface area contributed by atoms with Crippen molar-refractivity contribution in [3.63, 3.8) is 0 Å². The monoisotopic (exact) mass is 336 g/mol. The molecular formula is C21H24N2O2. The van der Waals surface area contributed by atoms with Gasteiger partial charge in [-0.15, -0.1) is 0 Å². The molecule has 130 valence electrons. The Morgan fingerprint density at radius 1 is 0.960 bits per heavy atom. The molecule has 0 atom stereocenters. The van der Waals surface area contributed by atoms with E-state index in [4.69, 9.17) is 0 Å². The predicted octanol–water partition coefficient (Wildman–Crippen LogP) is 3.48. The average Bonchev–Trinajstić information content (AvgIpc) is 2.69. The highest BCUT2D eigenvalue weighted by atomic mass is 16.2. The van der Waals surface area contributed by atoms with Crippen LogP contribution in [0.15, 0.2) is 54.6 Å². The largest absolute Gasteiger partial charge is 0.353 e. The van der Waals surface area contributed by atoms with Crippen molar-refractivity contribution in [2.24, 2.45) is 0 Å². The van der Waals surface area contributed by atoms with Gasteiger partial charge in [0.2, 0.25) is 5.91 Å². The minimum absolute atomic E-state index is 0.0693. The predicted molar refractivity (Wildman–Crippen MR) is 99.2 cm³/mol. The number of likely N-dealkylation sites (tertiary alicyclic amines) is 1. The van der Waals surface area contributed by atoms with E-state index >= 15 is 0 Å². The maximum absolute atomic E-state index is 12.7. The van der Waals surface area contributed by atoms with Crippen LogP contribution in [0.5, 0.6) is 0 Å². The number of hydrogen-bond acceptors (Lipinski definition) is 2. The van der Waals surface area contributed by atoms with Gasteiger partial charge >= 0.3 is 0 Å². The number of piperidine rings is 1. The maximum atomic E-state index is 12.7. The Morgan fingerprint density at radius 2 is 1.56 bits per heavy atom. The first-order valence-corrected chi connectivity index (χ1v) is 8.91. The van der Waals surface area contributed by atoms with Gasteiger partial charge in [0.1, 0.15) is 0 Å². The first kappa shape index (κ1) is 17.2. The van der Waals surface area contributed by atoms with Gasteiger partial charge in [-0.3, -0.25) is 9.59 Å². The third-order valence-corrected chi connectivity index (χ3v) is 4.71. The smallest absolute Gasteiger partial charge is 0.253 e. The van der Waals surface area contributed by atoms with Crippen LogP contribution in [0.4, 0.5) is 0 Å². The molecule has 0 radical (unpaired) electrons. The Hall–Kier alpha value is -2.62. The molecule has 1 aliphatic rings. The maximum Gasteiger partial charge on any atom is 0.253 e. The zero-order valence-corrected chi connectivity index (χ0v) is 14.6. The Morgan fingerprint density at radius 3 is 2.16 bits per heavy atom. The third kappa shape index (κ3) is 4.27. The van der Waals surface area contributed by atoms with Crippen LogP contribution in [0.1, 0.15) is 36.5 Å². The Kier molecular flexibility index (Phi) is 5.49. The summed E-state index contributed by atoms with van der Waals surface area (Å²) in [5, 5.41) is 3.02. The van der Waals surface area contributed by atoms with Gasteiger partial charge in [0.05, 0.1) is 0 Å². The van der Waals surface area contributed by atoms with Crippen molar-refractivity contribution in [1.29, 1.82) is 0 Å². The highest BCUT2D eigenvalue weighted by Crippen LogP contribution is 2.21. The van der Waals surface area contributed by atoms with E-state index in [9.17, 15) is 9.59 Å². The fraction of sp³-hybridized carbons (Fsp3) is 0.333. The van der Waals surface area contributed by atoms with E-state index < -0.39 is 0 Å². The minimum atomic E-state index is 0.0693. The Labute approximate surface area is 148 Å². The van der Waals surface area contributed by atoms with Gasteiger partial charge in [0, 0.05) is 31.1 Å². The number of rotatable bonds is 4. The second-order valence-corrected chi connectivity index (χ2v) is 6.43. The van der Waals surface area contributed by atoms with Gasteiger partial charge in [-0.05, 0) is 36.1 Å². The lowest BCUT2D eigenvalue weighted by molar-refractivity contribution is -0.121. The summed E-state index contributed by atoms with van der Waals surface area (Å²) in [5.41, 5.74) is 2.97. The third-order valence-electron chi connectivity index (χ3n) is 4.71. The summed E-state index contributed by atoms with van der Waals surface area (Å²) in [4.78, 5) is 26.0. The van der Waals surface area contributed by atoms with Crippen LogP contribution in [0.25, 0.3) is 11.1 Å². The number of nitrogens with one attached hydrogen (secondary N) is 1. The van der Waals surface area contributed by atoms with Gasteiger partial charge in [-0.25, -0.2) is 0 Å². The van der Waals surface area contributed by atoms with E-state index in [2.05, 4.69) is 17.4 Å². The molecule has 0 aliphatic carbocycles. The lowest BCUT2D eigenvalue weighted by Gasteiger charge is -2.32. The van der Waals surface area contributed by atoms with Crippen molar-refractivity contribution in [3.05, 3.63) is 60.2 Å². The summed E-state index contributed by atoms with van der Waals surface area (Å²) in [6.45, 7) is 3.23. The van der Waals surface area contributed by atoms with Crippen molar-refractivity contribution in [1.82, 2.24) is 10.2 Å². The summed E-state index contributed by atoms with van der Waals surface area (Å²) < 4.78 is 0. The van der Waals surface area contributed by atoms with Crippen molar-refractivity contribution in [2.75, 3.05) is 13.1 Å². The molecular weight excluding hydrogens is 312 g/mol. The highest BCUT2D eigenvalue weighted by Gasteiger charge is 2.24. The van der Waals surface area contributed by atoms with Crippen molar-refractivity contribution in [2.45, 2.75) is 32.2 Å². The zero-order valence-electron chi connectivity index (χ0n) is 14.6. The van der Waals surface area contributed by atoms with E-state index in [-0.39, 0.29) is 17.9 Å². The van der Waals surface area contributed by atoms with E-state index in [0.717, 1.165) is 29.5 Å². The molecule has 3 rings (SSSR count). The fourth-order valence-electron chi connectivity index (χ4n) is 3.18. The number of nitrogens with zero attached hydrogens (tertiary/aromatic N) is 1. The highest BCUT2D eigenvalue weighted by molar-refractivity contribution is 5.94. The number of hydrogen-bond donors (Lipinski definition) is 1. The molecule has 0 unspecified atom stereocenters. The van der Waals surface area contributed by atoms with Gasteiger partial charge < -0.3 is 10.2 Å². The topological polar surface area (TPSA) is 49.4 Å². The van der Waals surface area contributed by atoms with E-state index in [1.165, 1.54) is 0 Å². The van der Waals surface area contributed by atoms with Gasteiger partial charge in [0.15, 0.2) is 0 Å². The zero-order chi connectivity index (χ0) is 17.6. The lowest BCUT2D eigenvalue weighted by Crippen LogP contribution is -2.46. The van der Waals surface area contributed by atoms with Crippen LogP contribution < -0.4 is 5.32 Å². The summed E-state index contributed by atoms with van der Waals surface area (Å²) in [6, 6.07) is 18.1. The Balaban J connectivity index is 1.59. The molecule has 0 spiro atoms. The number of benzene rings is 2. The van der Waals surface area contributed by atoms with Crippen LogP contribution in [-0.4, -0.2) is 35.8 Å². The van der Waals surface area contributed by atoms with Crippen LogP contribution in [0, 0.1) is 0 Å². The molecule has 25 heavy (non-hydrogen) atoms. The Bertz CT molecular complexity index is 717. The van der Waals surface area contributed by atoms with Gasteiger partial charge in [-0.2, -0.15) is 0 Å². The molecule has 1 N–H and O–H groups in total. The van der Waals surface area contributed by atoms with Crippen molar-refractivity contribution < 1.29 is 9.59 Å². The number of carbonyl (C=O) groups excluding carboxylic acids is 2. The van der Waals surface area contributed by atoms with Crippen LogP contribution in [-0.2, 0) is 4.79 Å². The standard InChI is InChI=1S/C21H24N2O2/c1-2-20(24)22-19-12-14-23(15-13-19)21(25)18-10-8-17(9-11-18)16-6-4-3-5-7-16/h3-11,19H,2,12-15H2,1H3,(H,22,24). The number of carbonyl (C=O) groups is 2. The first-order chi connectivity index (χ1) is 12.2. The molecule has 4 heteroatoms. The molecule has 0 bridgehead atoms. The summed E-state index contributed by atoms with van der Waals surface area (Å²) in [6.07, 6.45) is 2.14. The molecule has 2 aromatic carbocycles. The van der Waals surface area contributed by atoms with Gasteiger partial charge in [-0.1, -0.05) is 49.4 Å². The molecule has 4 nitrogen and oxygen atoms in total. The number of amides is 2. The summed E-state index contributed by atoms with van der Waals surface area (Å²) >= 11 is 0. The molecule has 2 aromatic rings. The summed E-state index contributed by atoms with van der Waals surface area (Å²) in [5.74, 6) is 0.154. The van der Waals surface area contributed by atoms with E-state index in [1.54, 1.807) is 0 Å². The normalized spacial score (nSPS) is 15.0. The van der Waals surface area contributed by atoms with E-state index in [0.29, 0.717) is 19.5 Å². The minimum Gasteiger partial charge on any atom is -0.353 e. The second-order valence-electron chi connectivity index (χ2n) is 6.43. The molecule has 0 aromatic heterocycles. The van der Waals surface area contributed by atoms with Crippen molar-refractivity contribution in [3.8, 4) is 11.1 Å². The van der Waals surface area contributed by atoms with E-state index in [1.807, 2.05) is 54.3 Å². The van der Waals surface area contributed by atoms with Gasteiger partial charge in [0.25, 0.3) is 5.91 Å². The second kappa shape index (κ2) is 7.97. The molecule has 1 saturated heterocycles.